The number of guanidine groups is 1. The Kier molecular flexibility index (Phi) is 8.23. The first kappa shape index (κ1) is 17.9. The molecule has 118 valence electrons. The Morgan fingerprint density at radius 2 is 2.05 bits per heavy atom. The van der Waals surface area contributed by atoms with E-state index in [4.69, 9.17) is 5.11 Å². The molecule has 2 N–H and O–H groups in total. The summed E-state index contributed by atoms with van der Waals surface area (Å²) in [6, 6.07) is 8.60. The first-order valence-corrected chi connectivity index (χ1v) is 8.56. The van der Waals surface area contributed by atoms with Gasteiger partial charge in [-0.3, -0.25) is 4.99 Å². The minimum Gasteiger partial charge on any atom is -0.396 e. The summed E-state index contributed by atoms with van der Waals surface area (Å²) in [7, 11) is 2.04. The van der Waals surface area contributed by atoms with Gasteiger partial charge in [-0.05, 0) is 36.8 Å². The topological polar surface area (TPSA) is 47.9 Å². The van der Waals surface area contributed by atoms with E-state index >= 15 is 0 Å². The zero-order valence-corrected chi connectivity index (χ0v) is 14.3. The van der Waals surface area contributed by atoms with Crippen LogP contribution >= 0.6 is 11.8 Å². The summed E-state index contributed by atoms with van der Waals surface area (Å²) in [5, 5.41) is 12.4. The van der Waals surface area contributed by atoms with Gasteiger partial charge in [0.15, 0.2) is 5.96 Å². The van der Waals surface area contributed by atoms with Crippen LogP contribution in [0.3, 0.4) is 0 Å². The van der Waals surface area contributed by atoms with Gasteiger partial charge in [0.05, 0.1) is 0 Å². The van der Waals surface area contributed by atoms with Crippen molar-refractivity contribution in [3.05, 3.63) is 29.8 Å². The van der Waals surface area contributed by atoms with Crippen molar-refractivity contribution in [3.8, 4) is 0 Å². The zero-order valence-electron chi connectivity index (χ0n) is 13.5. The molecule has 1 aromatic carbocycles. The number of thioether (sulfide) groups is 1. The standard InChI is InChI=1S/C16H27N3OS/c1-5-17-16(18-10-13(2)12-20)19(3)11-14-6-8-15(21-4)9-7-14/h6-9,13,20H,5,10-12H2,1-4H3,(H,17,18). The molecule has 0 heterocycles. The zero-order chi connectivity index (χ0) is 15.7. The number of aliphatic hydroxyl groups is 1. The second kappa shape index (κ2) is 9.68. The molecular weight excluding hydrogens is 282 g/mol. The largest absolute Gasteiger partial charge is 0.396 e. The molecule has 4 nitrogen and oxygen atoms in total. The van der Waals surface area contributed by atoms with E-state index in [0.717, 1.165) is 19.0 Å². The maximum absolute atomic E-state index is 9.10. The number of nitrogens with one attached hydrogen (secondary N) is 1. The molecule has 0 aliphatic carbocycles. The molecule has 0 aliphatic rings. The van der Waals surface area contributed by atoms with Crippen molar-refractivity contribution in [1.29, 1.82) is 0 Å². The number of aliphatic imine (C=N–C) groups is 1. The Bertz CT molecular complexity index is 434. The second-order valence-electron chi connectivity index (χ2n) is 5.19. The molecule has 1 rings (SSSR count). The molecule has 1 unspecified atom stereocenters. The quantitative estimate of drug-likeness (QED) is 0.461. The van der Waals surface area contributed by atoms with Gasteiger partial charge in [0, 0.05) is 38.2 Å². The summed E-state index contributed by atoms with van der Waals surface area (Å²) in [4.78, 5) is 7.97. The van der Waals surface area contributed by atoms with Crippen molar-refractivity contribution >= 4 is 17.7 Å². The summed E-state index contributed by atoms with van der Waals surface area (Å²) < 4.78 is 0. The van der Waals surface area contributed by atoms with E-state index < -0.39 is 0 Å². The first-order chi connectivity index (χ1) is 10.1. The Hall–Kier alpha value is -1.20. The average molecular weight is 309 g/mol. The maximum Gasteiger partial charge on any atom is 0.193 e. The molecule has 1 aromatic rings. The summed E-state index contributed by atoms with van der Waals surface area (Å²) in [5.41, 5.74) is 1.26. The fraction of sp³-hybridized carbons (Fsp3) is 0.562. The number of nitrogens with zero attached hydrogens (tertiary/aromatic N) is 2. The lowest BCUT2D eigenvalue weighted by Gasteiger charge is -2.22. The number of hydrogen-bond acceptors (Lipinski definition) is 3. The first-order valence-electron chi connectivity index (χ1n) is 7.33. The van der Waals surface area contributed by atoms with E-state index in [1.54, 1.807) is 11.8 Å². The van der Waals surface area contributed by atoms with Gasteiger partial charge in [-0.15, -0.1) is 11.8 Å². The van der Waals surface area contributed by atoms with Crippen LogP contribution in [0.2, 0.25) is 0 Å². The second-order valence-corrected chi connectivity index (χ2v) is 6.07. The highest BCUT2D eigenvalue weighted by molar-refractivity contribution is 7.98. The SMILES string of the molecule is CCNC(=NCC(C)CO)N(C)Cc1ccc(SC)cc1. The van der Waals surface area contributed by atoms with Crippen LogP contribution in [-0.2, 0) is 6.54 Å². The molecule has 0 bridgehead atoms. The summed E-state index contributed by atoms with van der Waals surface area (Å²) in [5.74, 6) is 1.07. The fourth-order valence-electron chi connectivity index (χ4n) is 1.85. The van der Waals surface area contributed by atoms with Crippen molar-refractivity contribution in [2.75, 3.05) is 33.0 Å². The van der Waals surface area contributed by atoms with Crippen molar-refractivity contribution in [1.82, 2.24) is 10.2 Å². The molecule has 0 radical (unpaired) electrons. The van der Waals surface area contributed by atoms with Gasteiger partial charge in [0.25, 0.3) is 0 Å². The van der Waals surface area contributed by atoms with E-state index in [9.17, 15) is 0 Å². The van der Waals surface area contributed by atoms with Crippen molar-refractivity contribution in [2.24, 2.45) is 10.9 Å². The lowest BCUT2D eigenvalue weighted by Crippen LogP contribution is -2.38. The van der Waals surface area contributed by atoms with Crippen LogP contribution in [0.4, 0.5) is 0 Å². The molecule has 0 aromatic heterocycles. The van der Waals surface area contributed by atoms with Gasteiger partial charge in [0.1, 0.15) is 0 Å². The van der Waals surface area contributed by atoms with Crippen LogP contribution in [0.25, 0.3) is 0 Å². The van der Waals surface area contributed by atoms with E-state index in [1.807, 2.05) is 14.0 Å². The smallest absolute Gasteiger partial charge is 0.193 e. The van der Waals surface area contributed by atoms with Crippen LogP contribution < -0.4 is 5.32 Å². The predicted molar refractivity (Wildman–Crippen MR) is 91.9 cm³/mol. The number of benzene rings is 1. The predicted octanol–water partition coefficient (Wildman–Crippen LogP) is 2.43. The Labute approximate surface area is 132 Å². The van der Waals surface area contributed by atoms with Gasteiger partial charge in [0.2, 0.25) is 0 Å². The van der Waals surface area contributed by atoms with Gasteiger partial charge in [-0.1, -0.05) is 19.1 Å². The molecule has 0 fully saturated rings. The average Bonchev–Trinajstić information content (AvgIpc) is 2.51. The monoisotopic (exact) mass is 309 g/mol. The molecule has 5 heteroatoms. The lowest BCUT2D eigenvalue weighted by molar-refractivity contribution is 0.241. The lowest BCUT2D eigenvalue weighted by atomic mass is 10.2. The highest BCUT2D eigenvalue weighted by Crippen LogP contribution is 2.15. The van der Waals surface area contributed by atoms with Crippen molar-refractivity contribution < 1.29 is 5.11 Å². The van der Waals surface area contributed by atoms with Crippen LogP contribution in [0, 0.1) is 5.92 Å². The minimum atomic E-state index is 0.169. The molecule has 1 atom stereocenters. The highest BCUT2D eigenvalue weighted by atomic mass is 32.2. The number of aliphatic hydroxyl groups excluding tert-OH is 1. The van der Waals surface area contributed by atoms with E-state index in [-0.39, 0.29) is 12.5 Å². The molecule has 21 heavy (non-hydrogen) atoms. The third kappa shape index (κ3) is 6.40. The van der Waals surface area contributed by atoms with Crippen LogP contribution in [0.1, 0.15) is 19.4 Å². The van der Waals surface area contributed by atoms with Gasteiger partial charge < -0.3 is 15.3 Å². The van der Waals surface area contributed by atoms with Gasteiger partial charge >= 0.3 is 0 Å². The molecule has 0 spiro atoms. The molecule has 0 saturated carbocycles. The molecule has 0 saturated heterocycles. The number of hydrogen-bond donors (Lipinski definition) is 2. The van der Waals surface area contributed by atoms with E-state index in [0.29, 0.717) is 6.54 Å². The van der Waals surface area contributed by atoms with Crippen LogP contribution in [-0.4, -0.2) is 49.0 Å². The van der Waals surface area contributed by atoms with Crippen molar-refractivity contribution in [2.45, 2.75) is 25.3 Å². The van der Waals surface area contributed by atoms with E-state index in [1.165, 1.54) is 10.5 Å². The van der Waals surface area contributed by atoms with Gasteiger partial charge in [-0.25, -0.2) is 0 Å². The Morgan fingerprint density at radius 1 is 1.38 bits per heavy atom. The minimum absolute atomic E-state index is 0.169. The number of rotatable bonds is 7. The van der Waals surface area contributed by atoms with Gasteiger partial charge in [-0.2, -0.15) is 0 Å². The third-order valence-corrected chi connectivity index (χ3v) is 3.88. The molecular formula is C16H27N3OS. The Morgan fingerprint density at radius 3 is 2.57 bits per heavy atom. The fourth-order valence-corrected chi connectivity index (χ4v) is 2.26. The van der Waals surface area contributed by atoms with E-state index in [2.05, 4.69) is 52.7 Å². The summed E-state index contributed by atoms with van der Waals surface area (Å²) >= 11 is 1.75. The molecule has 0 aliphatic heterocycles. The summed E-state index contributed by atoms with van der Waals surface area (Å²) in [6.07, 6.45) is 2.08. The molecule has 0 amide bonds. The summed E-state index contributed by atoms with van der Waals surface area (Å²) in [6.45, 7) is 6.51. The Balaban J connectivity index is 2.68. The third-order valence-electron chi connectivity index (χ3n) is 3.14. The highest BCUT2D eigenvalue weighted by Gasteiger charge is 2.07. The normalized spacial score (nSPS) is 13.1. The van der Waals surface area contributed by atoms with Crippen molar-refractivity contribution in [3.63, 3.8) is 0 Å². The van der Waals surface area contributed by atoms with Crippen LogP contribution in [0.5, 0.6) is 0 Å². The maximum atomic E-state index is 9.10. The van der Waals surface area contributed by atoms with Crippen LogP contribution in [0.15, 0.2) is 34.2 Å².